The Labute approximate surface area is 118 Å². The van der Waals surface area contributed by atoms with E-state index in [1.165, 1.54) is 0 Å². The third-order valence-electron chi connectivity index (χ3n) is 4.07. The number of Topliss-reactive ketones (excluding diaryl/α,β-unsaturated/α-hetero) is 1. The number of likely N-dealkylation sites (tertiary alicyclic amines) is 1. The van der Waals surface area contributed by atoms with Gasteiger partial charge < -0.3 is 9.64 Å². The van der Waals surface area contributed by atoms with E-state index in [0.717, 1.165) is 18.4 Å². The molecule has 4 heteroatoms. The molecule has 1 aliphatic heterocycles. The summed E-state index contributed by atoms with van der Waals surface area (Å²) in [5.41, 5.74) is 0.983. The highest BCUT2D eigenvalue weighted by atomic mass is 16.6. The lowest BCUT2D eigenvalue weighted by Gasteiger charge is -2.34. The maximum absolute atomic E-state index is 12.2. The Bertz CT molecular complexity index is 496. The molecule has 0 N–H and O–H groups in total. The predicted molar refractivity (Wildman–Crippen MR) is 74.1 cm³/mol. The van der Waals surface area contributed by atoms with Gasteiger partial charge in [-0.2, -0.15) is 0 Å². The van der Waals surface area contributed by atoms with Crippen LogP contribution in [0.15, 0.2) is 30.3 Å². The van der Waals surface area contributed by atoms with Crippen molar-refractivity contribution < 1.29 is 14.3 Å². The van der Waals surface area contributed by atoms with Gasteiger partial charge in [-0.3, -0.25) is 4.79 Å². The zero-order valence-electron chi connectivity index (χ0n) is 11.5. The molecule has 4 nitrogen and oxygen atoms in total. The lowest BCUT2D eigenvalue weighted by Crippen LogP contribution is -2.47. The number of rotatable bonds is 3. The monoisotopic (exact) mass is 273 g/mol. The van der Waals surface area contributed by atoms with E-state index in [4.69, 9.17) is 4.74 Å². The van der Waals surface area contributed by atoms with Gasteiger partial charge in [-0.05, 0) is 24.3 Å². The zero-order chi connectivity index (χ0) is 13.9. The van der Waals surface area contributed by atoms with Gasteiger partial charge in [0.15, 0.2) is 0 Å². The summed E-state index contributed by atoms with van der Waals surface area (Å²) in [4.78, 5) is 25.6. The molecule has 2 fully saturated rings. The fourth-order valence-corrected chi connectivity index (χ4v) is 2.79. The fourth-order valence-electron chi connectivity index (χ4n) is 2.79. The van der Waals surface area contributed by atoms with Gasteiger partial charge in [0.2, 0.25) is 0 Å². The molecule has 1 atom stereocenters. The first-order chi connectivity index (χ1) is 9.74. The minimum atomic E-state index is -0.279. The number of carbonyl (C=O) groups is 2. The summed E-state index contributed by atoms with van der Waals surface area (Å²) in [5, 5.41) is 0. The summed E-state index contributed by atoms with van der Waals surface area (Å²) in [7, 11) is 0. The van der Waals surface area contributed by atoms with E-state index in [1.807, 2.05) is 30.3 Å². The summed E-state index contributed by atoms with van der Waals surface area (Å²) < 4.78 is 5.39. The zero-order valence-corrected chi connectivity index (χ0v) is 11.5. The van der Waals surface area contributed by atoms with Crippen LogP contribution in [0.3, 0.4) is 0 Å². The lowest BCUT2D eigenvalue weighted by atomic mass is 9.97. The van der Waals surface area contributed by atoms with E-state index in [2.05, 4.69) is 0 Å². The molecule has 3 rings (SSSR count). The molecule has 0 spiro atoms. The second-order valence-electron chi connectivity index (χ2n) is 5.63. The Morgan fingerprint density at radius 3 is 2.70 bits per heavy atom. The molecular weight excluding hydrogens is 254 g/mol. The first-order valence-electron chi connectivity index (χ1n) is 7.23. The SMILES string of the molecule is O=C1CCN(C(=O)OCc2ccccc2)C(C2CC2)C1. The van der Waals surface area contributed by atoms with Crippen LogP contribution >= 0.6 is 0 Å². The van der Waals surface area contributed by atoms with E-state index >= 15 is 0 Å². The van der Waals surface area contributed by atoms with Gasteiger partial charge in [0.05, 0.1) is 0 Å². The van der Waals surface area contributed by atoms with Crippen molar-refractivity contribution in [2.45, 2.75) is 38.3 Å². The Hall–Kier alpha value is -1.84. The van der Waals surface area contributed by atoms with Crippen LogP contribution < -0.4 is 0 Å². The molecule has 1 heterocycles. The predicted octanol–water partition coefficient (Wildman–Crippen LogP) is 2.77. The minimum absolute atomic E-state index is 0.0690. The molecule has 0 aromatic heterocycles. The number of hydrogen-bond donors (Lipinski definition) is 0. The summed E-state index contributed by atoms with van der Waals surface area (Å²) in [6, 6.07) is 9.73. The largest absolute Gasteiger partial charge is 0.445 e. The van der Waals surface area contributed by atoms with E-state index in [1.54, 1.807) is 4.90 Å². The van der Waals surface area contributed by atoms with Gasteiger partial charge in [-0.15, -0.1) is 0 Å². The lowest BCUT2D eigenvalue weighted by molar-refractivity contribution is -0.123. The highest BCUT2D eigenvalue weighted by molar-refractivity contribution is 5.82. The van der Waals surface area contributed by atoms with Crippen LogP contribution in [-0.2, 0) is 16.1 Å². The highest BCUT2D eigenvalue weighted by Crippen LogP contribution is 2.39. The smallest absolute Gasteiger partial charge is 0.410 e. The number of carbonyl (C=O) groups excluding carboxylic acids is 2. The summed E-state index contributed by atoms with van der Waals surface area (Å²) in [6.07, 6.45) is 2.94. The van der Waals surface area contributed by atoms with E-state index < -0.39 is 0 Å². The Kier molecular flexibility index (Phi) is 3.72. The molecule has 20 heavy (non-hydrogen) atoms. The maximum atomic E-state index is 12.2. The Balaban J connectivity index is 1.59. The van der Waals surface area contributed by atoms with Gasteiger partial charge in [0, 0.05) is 25.4 Å². The topological polar surface area (TPSA) is 46.6 Å². The van der Waals surface area contributed by atoms with Crippen LogP contribution in [0.25, 0.3) is 0 Å². The van der Waals surface area contributed by atoms with Crippen molar-refractivity contribution in [1.82, 2.24) is 4.90 Å². The molecule has 1 unspecified atom stereocenters. The van der Waals surface area contributed by atoms with Crippen molar-refractivity contribution >= 4 is 11.9 Å². The van der Waals surface area contributed by atoms with Crippen molar-refractivity contribution in [3.63, 3.8) is 0 Å². The number of amides is 1. The van der Waals surface area contributed by atoms with Crippen molar-refractivity contribution in [1.29, 1.82) is 0 Å². The molecular formula is C16H19NO3. The number of ketones is 1. The molecule has 0 radical (unpaired) electrons. The van der Waals surface area contributed by atoms with E-state index in [9.17, 15) is 9.59 Å². The van der Waals surface area contributed by atoms with Gasteiger partial charge in [0.25, 0.3) is 0 Å². The summed E-state index contributed by atoms with van der Waals surface area (Å²) in [5.74, 6) is 0.775. The van der Waals surface area contributed by atoms with Crippen molar-refractivity contribution in [2.24, 2.45) is 5.92 Å². The molecule has 1 amide bonds. The first kappa shape index (κ1) is 13.2. The van der Waals surface area contributed by atoms with Crippen molar-refractivity contribution in [2.75, 3.05) is 6.54 Å². The standard InChI is InChI=1S/C16H19NO3/c18-14-8-9-17(15(10-14)13-6-7-13)16(19)20-11-12-4-2-1-3-5-12/h1-5,13,15H,6-11H2. The van der Waals surface area contributed by atoms with Crippen molar-refractivity contribution in [3.8, 4) is 0 Å². The minimum Gasteiger partial charge on any atom is -0.445 e. The van der Waals surface area contributed by atoms with Crippen molar-refractivity contribution in [3.05, 3.63) is 35.9 Å². The second kappa shape index (κ2) is 5.65. The molecule has 106 valence electrons. The van der Waals surface area contributed by atoms with Gasteiger partial charge in [0.1, 0.15) is 12.4 Å². The Morgan fingerprint density at radius 1 is 1.25 bits per heavy atom. The fraction of sp³-hybridized carbons (Fsp3) is 0.500. The summed E-state index contributed by atoms with van der Waals surface area (Å²) in [6.45, 7) is 0.801. The molecule has 1 aliphatic carbocycles. The van der Waals surface area contributed by atoms with E-state index in [0.29, 0.717) is 31.9 Å². The first-order valence-corrected chi connectivity index (χ1v) is 7.23. The molecule has 1 saturated heterocycles. The van der Waals surface area contributed by atoms with Crippen LogP contribution in [0.5, 0.6) is 0 Å². The van der Waals surface area contributed by atoms with Crippen LogP contribution in [-0.4, -0.2) is 29.4 Å². The average molecular weight is 273 g/mol. The maximum Gasteiger partial charge on any atom is 0.410 e. The quantitative estimate of drug-likeness (QED) is 0.850. The van der Waals surface area contributed by atoms with Crippen LogP contribution in [0.1, 0.15) is 31.2 Å². The third kappa shape index (κ3) is 3.00. The molecule has 0 bridgehead atoms. The average Bonchev–Trinajstić information content (AvgIpc) is 3.30. The van der Waals surface area contributed by atoms with Gasteiger partial charge in [-0.1, -0.05) is 30.3 Å². The van der Waals surface area contributed by atoms with Crippen LogP contribution in [0, 0.1) is 5.92 Å². The number of nitrogens with zero attached hydrogens (tertiary/aromatic N) is 1. The van der Waals surface area contributed by atoms with Crippen LogP contribution in [0.2, 0.25) is 0 Å². The number of ether oxygens (including phenoxy) is 1. The summed E-state index contributed by atoms with van der Waals surface area (Å²) >= 11 is 0. The molecule has 1 saturated carbocycles. The normalized spacial score (nSPS) is 22.7. The highest BCUT2D eigenvalue weighted by Gasteiger charge is 2.41. The number of benzene rings is 1. The second-order valence-corrected chi connectivity index (χ2v) is 5.63. The van der Waals surface area contributed by atoms with Gasteiger partial charge >= 0.3 is 6.09 Å². The Morgan fingerprint density at radius 2 is 2.00 bits per heavy atom. The van der Waals surface area contributed by atoms with Crippen LogP contribution in [0.4, 0.5) is 4.79 Å². The number of piperidine rings is 1. The third-order valence-corrected chi connectivity index (χ3v) is 4.07. The molecule has 2 aliphatic rings. The molecule has 1 aromatic carbocycles. The van der Waals surface area contributed by atoms with Gasteiger partial charge in [-0.25, -0.2) is 4.79 Å². The van der Waals surface area contributed by atoms with E-state index in [-0.39, 0.29) is 17.9 Å². The molecule has 1 aromatic rings. The number of hydrogen-bond acceptors (Lipinski definition) is 3.